The van der Waals surface area contributed by atoms with Crippen molar-refractivity contribution in [2.24, 2.45) is 5.92 Å². The number of hydrogen-bond acceptors (Lipinski definition) is 4. The summed E-state index contributed by atoms with van der Waals surface area (Å²) in [4.78, 5) is 15.3. The van der Waals surface area contributed by atoms with Gasteiger partial charge in [0.2, 0.25) is 5.91 Å². The van der Waals surface area contributed by atoms with Crippen LogP contribution in [0, 0.1) is 5.92 Å². The highest BCUT2D eigenvalue weighted by atomic mass is 35.5. The number of carbonyl (C=O) groups is 1. The summed E-state index contributed by atoms with van der Waals surface area (Å²) in [6, 6.07) is 9.97. The standard InChI is InChI=1S/C21H30Cl2N2OS2/c1-27-20(28-2)12-8-11-17(19(20)25-13-6-7-14-25)21(22,23)24-18(26)15-16-9-4-3-5-10-16/h3-5,9-10,17,19H,6-8,11-15H2,1-2H3,(H,24,26). The summed E-state index contributed by atoms with van der Waals surface area (Å²) in [6.07, 6.45) is 10.3. The summed E-state index contributed by atoms with van der Waals surface area (Å²) in [5.74, 6) is -0.122. The first kappa shape index (κ1) is 22.6. The molecule has 2 aliphatic rings. The second kappa shape index (κ2) is 9.82. The predicted octanol–water partition coefficient (Wildman–Crippen LogP) is 5.16. The van der Waals surface area contributed by atoms with Crippen molar-refractivity contribution in [3.63, 3.8) is 0 Å². The molecule has 1 aromatic carbocycles. The van der Waals surface area contributed by atoms with Gasteiger partial charge < -0.3 is 5.32 Å². The molecule has 0 bridgehead atoms. The van der Waals surface area contributed by atoms with Gasteiger partial charge in [-0.15, -0.1) is 23.5 Å². The predicted molar refractivity (Wildman–Crippen MR) is 124 cm³/mol. The Balaban J connectivity index is 1.79. The van der Waals surface area contributed by atoms with Crippen LogP contribution in [0.15, 0.2) is 30.3 Å². The van der Waals surface area contributed by atoms with Crippen LogP contribution in [-0.2, 0) is 11.2 Å². The zero-order valence-corrected chi connectivity index (χ0v) is 19.8. The molecule has 0 aromatic heterocycles. The molecule has 3 nitrogen and oxygen atoms in total. The smallest absolute Gasteiger partial charge is 0.226 e. The molecule has 1 aromatic rings. The molecule has 0 spiro atoms. The number of thioether (sulfide) groups is 2. The van der Waals surface area contributed by atoms with Gasteiger partial charge in [0.05, 0.1) is 10.5 Å². The number of rotatable bonds is 7. The number of alkyl halides is 2. The van der Waals surface area contributed by atoms with Crippen LogP contribution in [0.5, 0.6) is 0 Å². The SMILES string of the molecule is CSC1(SC)CCCC(C(Cl)(Cl)NC(=O)Cc2ccccc2)C1N1CCCC1. The summed E-state index contributed by atoms with van der Waals surface area (Å²) in [5.41, 5.74) is 0.964. The second-order valence-corrected chi connectivity index (χ2v) is 11.7. The van der Waals surface area contributed by atoms with Gasteiger partial charge in [0.1, 0.15) is 0 Å². The zero-order valence-electron chi connectivity index (χ0n) is 16.6. The number of benzene rings is 1. The average Bonchev–Trinajstić information content (AvgIpc) is 3.21. The number of nitrogens with zero attached hydrogens (tertiary/aromatic N) is 1. The molecule has 3 rings (SSSR count). The summed E-state index contributed by atoms with van der Waals surface area (Å²) in [7, 11) is 0. The lowest BCUT2D eigenvalue weighted by Gasteiger charge is -2.53. The van der Waals surface area contributed by atoms with Gasteiger partial charge in [-0.05, 0) is 56.8 Å². The first-order chi connectivity index (χ1) is 13.4. The van der Waals surface area contributed by atoms with Crippen LogP contribution in [-0.4, -0.2) is 51.0 Å². The topological polar surface area (TPSA) is 32.3 Å². The maximum Gasteiger partial charge on any atom is 0.226 e. The molecule has 1 saturated carbocycles. The van der Waals surface area contributed by atoms with E-state index in [2.05, 4.69) is 22.7 Å². The van der Waals surface area contributed by atoms with E-state index in [0.29, 0.717) is 6.42 Å². The van der Waals surface area contributed by atoms with E-state index in [-0.39, 0.29) is 21.9 Å². The Bertz CT molecular complexity index is 649. The Labute approximate surface area is 187 Å². The maximum atomic E-state index is 12.7. The Morgan fingerprint density at radius 3 is 2.43 bits per heavy atom. The van der Waals surface area contributed by atoms with Crippen LogP contribution < -0.4 is 5.32 Å². The Morgan fingerprint density at radius 2 is 1.82 bits per heavy atom. The normalized spacial score (nSPS) is 25.6. The minimum atomic E-state index is -1.27. The van der Waals surface area contributed by atoms with Gasteiger partial charge in [-0.3, -0.25) is 9.69 Å². The maximum absolute atomic E-state index is 12.7. The number of halogens is 2. The summed E-state index contributed by atoms with van der Waals surface area (Å²) >= 11 is 17.6. The number of likely N-dealkylation sites (tertiary alicyclic amines) is 1. The number of amides is 1. The van der Waals surface area contributed by atoms with Gasteiger partial charge in [-0.1, -0.05) is 60.0 Å². The van der Waals surface area contributed by atoms with Crippen LogP contribution in [0.4, 0.5) is 0 Å². The van der Waals surface area contributed by atoms with Crippen molar-refractivity contribution in [2.45, 2.75) is 53.1 Å². The van der Waals surface area contributed by atoms with Crippen LogP contribution in [0.2, 0.25) is 0 Å². The fraction of sp³-hybridized carbons (Fsp3) is 0.667. The molecule has 2 unspecified atom stereocenters. The molecule has 156 valence electrons. The highest BCUT2D eigenvalue weighted by Gasteiger charge is 2.54. The summed E-state index contributed by atoms with van der Waals surface area (Å²) in [6.45, 7) is 2.18. The Hall–Kier alpha value is -0.0700. The number of nitrogens with one attached hydrogen (secondary N) is 1. The number of carbonyl (C=O) groups excluding carboxylic acids is 1. The second-order valence-electron chi connectivity index (χ2n) is 7.74. The largest absolute Gasteiger partial charge is 0.324 e. The first-order valence-electron chi connectivity index (χ1n) is 9.99. The van der Waals surface area contributed by atoms with Crippen molar-refractivity contribution in [3.05, 3.63) is 35.9 Å². The average molecular weight is 462 g/mol. The number of hydrogen-bond donors (Lipinski definition) is 1. The monoisotopic (exact) mass is 460 g/mol. The van der Waals surface area contributed by atoms with Crippen molar-refractivity contribution in [1.82, 2.24) is 10.2 Å². The van der Waals surface area contributed by atoms with Crippen LogP contribution in [0.1, 0.15) is 37.7 Å². The van der Waals surface area contributed by atoms with E-state index in [1.807, 2.05) is 53.9 Å². The minimum absolute atomic E-state index is 0.00214. The minimum Gasteiger partial charge on any atom is -0.324 e. The van der Waals surface area contributed by atoms with Crippen molar-refractivity contribution in [1.29, 1.82) is 0 Å². The lowest BCUT2D eigenvalue weighted by atomic mass is 9.82. The third-order valence-corrected chi connectivity index (χ3v) is 10.1. The van der Waals surface area contributed by atoms with E-state index < -0.39 is 4.46 Å². The van der Waals surface area contributed by atoms with E-state index >= 15 is 0 Å². The van der Waals surface area contributed by atoms with Crippen molar-refractivity contribution in [2.75, 3.05) is 25.6 Å². The van der Waals surface area contributed by atoms with Crippen molar-refractivity contribution < 1.29 is 4.79 Å². The van der Waals surface area contributed by atoms with Gasteiger partial charge in [0, 0.05) is 12.0 Å². The zero-order chi connectivity index (χ0) is 20.2. The molecule has 2 fully saturated rings. The summed E-state index contributed by atoms with van der Waals surface area (Å²) in [5, 5.41) is 2.96. The van der Waals surface area contributed by atoms with Crippen LogP contribution in [0.25, 0.3) is 0 Å². The molecule has 1 amide bonds. The van der Waals surface area contributed by atoms with E-state index in [1.165, 1.54) is 12.8 Å². The van der Waals surface area contributed by atoms with Gasteiger partial charge in [0.15, 0.2) is 4.46 Å². The van der Waals surface area contributed by atoms with Crippen LogP contribution in [0.3, 0.4) is 0 Å². The molecule has 1 N–H and O–H groups in total. The third kappa shape index (κ3) is 4.97. The van der Waals surface area contributed by atoms with Crippen molar-refractivity contribution >= 4 is 52.6 Å². The van der Waals surface area contributed by atoms with Crippen molar-refractivity contribution in [3.8, 4) is 0 Å². The lowest BCUT2D eigenvalue weighted by Crippen LogP contribution is -2.62. The van der Waals surface area contributed by atoms with E-state index in [1.54, 1.807) is 0 Å². The van der Waals surface area contributed by atoms with Gasteiger partial charge in [-0.25, -0.2) is 0 Å². The molecule has 1 heterocycles. The molecule has 28 heavy (non-hydrogen) atoms. The van der Waals surface area contributed by atoms with Gasteiger partial charge in [-0.2, -0.15) is 0 Å². The highest BCUT2D eigenvalue weighted by molar-refractivity contribution is 8.17. The molecule has 1 saturated heterocycles. The Morgan fingerprint density at radius 1 is 1.18 bits per heavy atom. The summed E-state index contributed by atoms with van der Waals surface area (Å²) < 4.78 is -1.21. The van der Waals surface area contributed by atoms with Crippen LogP contribution >= 0.6 is 46.7 Å². The molecule has 1 aliphatic heterocycles. The fourth-order valence-electron chi connectivity index (χ4n) is 4.75. The van der Waals surface area contributed by atoms with E-state index in [9.17, 15) is 4.79 Å². The van der Waals surface area contributed by atoms with Gasteiger partial charge >= 0.3 is 0 Å². The lowest BCUT2D eigenvalue weighted by molar-refractivity contribution is -0.121. The third-order valence-electron chi connectivity index (χ3n) is 6.08. The molecule has 7 heteroatoms. The molecule has 1 aliphatic carbocycles. The molecular weight excluding hydrogens is 431 g/mol. The first-order valence-corrected chi connectivity index (χ1v) is 13.2. The Kier molecular flexibility index (Phi) is 7.93. The highest BCUT2D eigenvalue weighted by Crippen LogP contribution is 2.54. The molecule has 2 atom stereocenters. The van der Waals surface area contributed by atoms with Gasteiger partial charge in [0.25, 0.3) is 0 Å². The molecule has 0 radical (unpaired) electrons. The van der Waals surface area contributed by atoms with E-state index in [0.717, 1.165) is 37.9 Å². The fourth-order valence-corrected chi connectivity index (χ4v) is 7.89. The van der Waals surface area contributed by atoms with E-state index in [4.69, 9.17) is 23.2 Å². The quantitative estimate of drug-likeness (QED) is 0.345. The molecular formula is C21H30Cl2N2OS2.